The van der Waals surface area contributed by atoms with Crippen LogP contribution in [0.4, 0.5) is 0 Å². The predicted molar refractivity (Wildman–Crippen MR) is 62.0 cm³/mol. The molecule has 1 unspecified atom stereocenters. The Bertz CT molecular complexity index is 530. The molecule has 0 spiro atoms. The molecule has 1 atom stereocenters. The minimum absolute atomic E-state index is 0.144. The normalized spacial score (nSPS) is 21.9. The van der Waals surface area contributed by atoms with E-state index in [1.54, 1.807) is 31.2 Å². The van der Waals surface area contributed by atoms with Crippen LogP contribution in [-0.4, -0.2) is 22.2 Å². The summed E-state index contributed by atoms with van der Waals surface area (Å²) < 4.78 is 0. The van der Waals surface area contributed by atoms with Crippen molar-refractivity contribution in [3.8, 4) is 0 Å². The lowest BCUT2D eigenvalue weighted by atomic mass is 9.73. The topological polar surface area (TPSA) is 74.6 Å². The Balaban J connectivity index is 2.70. The summed E-state index contributed by atoms with van der Waals surface area (Å²) in [5, 5.41) is 18.4. The van der Waals surface area contributed by atoms with Gasteiger partial charge in [0.15, 0.2) is 0 Å². The lowest BCUT2D eigenvalue weighted by Crippen LogP contribution is -2.34. The summed E-state index contributed by atoms with van der Waals surface area (Å²) in [6.07, 6.45) is 3.77. The average molecular weight is 232 g/mol. The molecular formula is C13H12O4. The quantitative estimate of drug-likeness (QED) is 0.819. The first-order valence-electron chi connectivity index (χ1n) is 5.23. The number of rotatable bonds is 2. The summed E-state index contributed by atoms with van der Waals surface area (Å²) in [7, 11) is 0. The maximum atomic E-state index is 11.3. The number of allylic oxidation sites excluding steroid dienone is 1. The maximum absolute atomic E-state index is 11.3. The molecule has 2 N–H and O–H groups in total. The number of aromatic carboxylic acids is 1. The van der Waals surface area contributed by atoms with E-state index in [1.165, 1.54) is 6.07 Å². The zero-order chi connectivity index (χ0) is 12.6. The van der Waals surface area contributed by atoms with E-state index in [9.17, 15) is 14.7 Å². The van der Waals surface area contributed by atoms with Crippen LogP contribution in [0, 0.1) is 0 Å². The number of fused-ring (bicyclic) bond motifs is 1. The fourth-order valence-corrected chi connectivity index (χ4v) is 2.14. The number of benzene rings is 1. The number of hydrogen-bond donors (Lipinski definition) is 2. The third kappa shape index (κ3) is 1.62. The molecule has 0 saturated heterocycles. The van der Waals surface area contributed by atoms with Crippen LogP contribution in [0.15, 0.2) is 24.3 Å². The summed E-state index contributed by atoms with van der Waals surface area (Å²) in [6.45, 7) is 1.61. The summed E-state index contributed by atoms with van der Waals surface area (Å²) in [5.41, 5.74) is 0.157. The lowest BCUT2D eigenvalue weighted by molar-refractivity contribution is -0.143. The molecule has 1 aromatic carbocycles. The highest BCUT2D eigenvalue weighted by atomic mass is 16.4. The van der Waals surface area contributed by atoms with Gasteiger partial charge in [0.25, 0.3) is 0 Å². The van der Waals surface area contributed by atoms with E-state index in [0.29, 0.717) is 17.5 Å². The van der Waals surface area contributed by atoms with E-state index in [4.69, 9.17) is 5.11 Å². The largest absolute Gasteiger partial charge is 0.481 e. The number of aliphatic carboxylic acids is 1. The van der Waals surface area contributed by atoms with Crippen LogP contribution in [0.5, 0.6) is 0 Å². The summed E-state index contributed by atoms with van der Waals surface area (Å²) in [5.74, 6) is -1.98. The van der Waals surface area contributed by atoms with Gasteiger partial charge in [0.1, 0.15) is 0 Å². The van der Waals surface area contributed by atoms with E-state index >= 15 is 0 Å². The number of carbonyl (C=O) groups is 2. The second-order valence-electron chi connectivity index (χ2n) is 4.32. The van der Waals surface area contributed by atoms with Crippen LogP contribution in [-0.2, 0) is 10.2 Å². The molecule has 0 saturated carbocycles. The van der Waals surface area contributed by atoms with Crippen molar-refractivity contribution in [3.05, 3.63) is 41.0 Å². The van der Waals surface area contributed by atoms with Crippen molar-refractivity contribution in [1.82, 2.24) is 0 Å². The van der Waals surface area contributed by atoms with Gasteiger partial charge in [-0.15, -0.1) is 0 Å². The molecule has 0 heterocycles. The van der Waals surface area contributed by atoms with Gasteiger partial charge in [-0.2, -0.15) is 0 Å². The standard InChI is InChI=1S/C13H12O4/c1-13(12(16)17)7-3-5-8-9(11(14)15)4-2-6-10(8)13/h2-6H,7H2,1H3,(H,14,15)(H,16,17). The van der Waals surface area contributed by atoms with Gasteiger partial charge in [-0.05, 0) is 30.5 Å². The van der Waals surface area contributed by atoms with Crippen molar-refractivity contribution < 1.29 is 19.8 Å². The van der Waals surface area contributed by atoms with E-state index in [0.717, 1.165) is 0 Å². The van der Waals surface area contributed by atoms with Crippen LogP contribution in [0.3, 0.4) is 0 Å². The fourth-order valence-electron chi connectivity index (χ4n) is 2.14. The van der Waals surface area contributed by atoms with E-state index in [-0.39, 0.29) is 5.56 Å². The Morgan fingerprint density at radius 1 is 1.29 bits per heavy atom. The van der Waals surface area contributed by atoms with Gasteiger partial charge >= 0.3 is 11.9 Å². The maximum Gasteiger partial charge on any atom is 0.336 e. The molecule has 4 heteroatoms. The highest BCUT2D eigenvalue weighted by Gasteiger charge is 2.38. The second kappa shape index (κ2) is 3.73. The zero-order valence-electron chi connectivity index (χ0n) is 9.30. The van der Waals surface area contributed by atoms with Crippen LogP contribution in [0.25, 0.3) is 6.08 Å². The lowest BCUT2D eigenvalue weighted by Gasteiger charge is -2.29. The van der Waals surface area contributed by atoms with Crippen molar-refractivity contribution in [1.29, 1.82) is 0 Å². The molecular weight excluding hydrogens is 220 g/mol. The van der Waals surface area contributed by atoms with Gasteiger partial charge < -0.3 is 10.2 Å². The first-order chi connectivity index (χ1) is 7.97. The molecule has 0 bridgehead atoms. The van der Waals surface area contributed by atoms with Crippen molar-refractivity contribution in [2.75, 3.05) is 0 Å². The van der Waals surface area contributed by atoms with E-state index < -0.39 is 17.4 Å². The molecule has 0 aliphatic heterocycles. The minimum Gasteiger partial charge on any atom is -0.481 e. The molecule has 0 aromatic heterocycles. The van der Waals surface area contributed by atoms with Crippen molar-refractivity contribution in [3.63, 3.8) is 0 Å². The molecule has 0 fully saturated rings. The van der Waals surface area contributed by atoms with Gasteiger partial charge in [0.2, 0.25) is 0 Å². The van der Waals surface area contributed by atoms with E-state index in [1.807, 2.05) is 0 Å². The average Bonchev–Trinajstić information content (AvgIpc) is 2.28. The number of carboxylic acid groups (broad SMARTS) is 2. The molecule has 88 valence electrons. The summed E-state index contributed by atoms with van der Waals surface area (Å²) in [4.78, 5) is 22.4. The molecule has 1 aliphatic carbocycles. The number of hydrogen-bond acceptors (Lipinski definition) is 2. The van der Waals surface area contributed by atoms with E-state index in [2.05, 4.69) is 0 Å². The van der Waals surface area contributed by atoms with Crippen LogP contribution < -0.4 is 0 Å². The summed E-state index contributed by atoms with van der Waals surface area (Å²) >= 11 is 0. The first kappa shape index (κ1) is 11.4. The third-order valence-corrected chi connectivity index (χ3v) is 3.21. The molecule has 2 rings (SSSR count). The van der Waals surface area contributed by atoms with Crippen molar-refractivity contribution >= 4 is 18.0 Å². The Hall–Kier alpha value is -2.10. The first-order valence-corrected chi connectivity index (χ1v) is 5.23. The molecule has 0 amide bonds. The van der Waals surface area contributed by atoms with Gasteiger partial charge in [-0.1, -0.05) is 24.3 Å². The zero-order valence-corrected chi connectivity index (χ0v) is 9.30. The van der Waals surface area contributed by atoms with Crippen LogP contribution >= 0.6 is 0 Å². The third-order valence-electron chi connectivity index (χ3n) is 3.21. The Kier molecular flexibility index (Phi) is 2.50. The Labute approximate surface area is 98.2 Å². The second-order valence-corrected chi connectivity index (χ2v) is 4.32. The van der Waals surface area contributed by atoms with Crippen LogP contribution in [0.1, 0.15) is 34.8 Å². The fraction of sp³-hybridized carbons (Fsp3) is 0.231. The smallest absolute Gasteiger partial charge is 0.336 e. The SMILES string of the molecule is CC1(C(=O)O)CC=Cc2c(C(=O)O)cccc21. The van der Waals surface area contributed by atoms with Crippen molar-refractivity contribution in [2.45, 2.75) is 18.8 Å². The Morgan fingerprint density at radius 2 is 2.00 bits per heavy atom. The molecule has 1 aromatic rings. The van der Waals surface area contributed by atoms with Gasteiger partial charge in [-0.3, -0.25) is 4.79 Å². The molecule has 4 nitrogen and oxygen atoms in total. The highest BCUT2D eigenvalue weighted by Crippen LogP contribution is 2.37. The summed E-state index contributed by atoms with van der Waals surface area (Å²) in [6, 6.07) is 4.75. The van der Waals surface area contributed by atoms with Gasteiger partial charge in [0, 0.05) is 0 Å². The monoisotopic (exact) mass is 232 g/mol. The minimum atomic E-state index is -1.05. The molecule has 0 radical (unpaired) electrons. The highest BCUT2D eigenvalue weighted by molar-refractivity contribution is 5.95. The number of carboxylic acids is 2. The molecule has 1 aliphatic rings. The molecule has 17 heavy (non-hydrogen) atoms. The van der Waals surface area contributed by atoms with Crippen molar-refractivity contribution in [2.24, 2.45) is 0 Å². The van der Waals surface area contributed by atoms with Gasteiger partial charge in [-0.25, -0.2) is 4.79 Å². The predicted octanol–water partition coefficient (Wildman–Crippen LogP) is 2.14. The Morgan fingerprint density at radius 3 is 2.59 bits per heavy atom. The van der Waals surface area contributed by atoms with Gasteiger partial charge in [0.05, 0.1) is 11.0 Å². The van der Waals surface area contributed by atoms with Crippen LogP contribution in [0.2, 0.25) is 0 Å².